The second kappa shape index (κ2) is 4.53. The second-order valence-corrected chi connectivity index (χ2v) is 3.92. The van der Waals surface area contributed by atoms with Gasteiger partial charge < -0.3 is 5.32 Å². The molecule has 1 aromatic carbocycles. The first-order valence-corrected chi connectivity index (χ1v) is 5.54. The third-order valence-electron chi connectivity index (χ3n) is 2.37. The van der Waals surface area contributed by atoms with Crippen molar-refractivity contribution in [2.45, 2.75) is 19.3 Å². The normalized spacial score (nSPS) is 13.3. The Morgan fingerprint density at radius 1 is 1.33 bits per heavy atom. The number of urea groups is 1. The molecule has 1 aliphatic rings. The molecule has 1 aromatic rings. The van der Waals surface area contributed by atoms with Gasteiger partial charge in [-0.25, -0.2) is 4.79 Å². The summed E-state index contributed by atoms with van der Waals surface area (Å²) in [5.41, 5.74) is 2.77. The van der Waals surface area contributed by atoms with E-state index in [-0.39, 0.29) is 6.03 Å². The monoisotopic (exact) mass is 223 g/mol. The third kappa shape index (κ3) is 2.42. The molecule has 3 nitrogen and oxygen atoms in total. The Morgan fingerprint density at radius 3 is 3.00 bits per heavy atom. The number of anilines is 1. The van der Waals surface area contributed by atoms with Crippen molar-refractivity contribution < 1.29 is 4.79 Å². The van der Waals surface area contributed by atoms with Gasteiger partial charge in [-0.3, -0.25) is 0 Å². The van der Waals surface area contributed by atoms with Gasteiger partial charge in [0.05, 0.1) is 11.4 Å². The molecule has 2 amide bonds. The molecule has 4 heteroatoms. The van der Waals surface area contributed by atoms with Gasteiger partial charge in [0.15, 0.2) is 0 Å². The van der Waals surface area contributed by atoms with Crippen LogP contribution in [0.1, 0.15) is 18.4 Å². The fraction of sp³-hybridized carbons (Fsp3) is 0.364. The number of alkyl halides is 1. The van der Waals surface area contributed by atoms with E-state index in [4.69, 9.17) is 11.6 Å². The minimum absolute atomic E-state index is 0.275. The number of halogens is 1. The minimum Gasteiger partial charge on any atom is -0.304 e. The highest BCUT2D eigenvalue weighted by atomic mass is 35.5. The number of hydrogen-bond donors (Lipinski definition) is 1. The average molecular weight is 224 g/mol. The Bertz CT molecular complexity index is 379. The number of nitrogens with zero attached hydrogens (tertiary/aromatic N) is 1. The highest BCUT2D eigenvalue weighted by Gasteiger charge is 2.18. The van der Waals surface area contributed by atoms with Gasteiger partial charge in [0, 0.05) is 5.88 Å². The number of hydrogen-bond acceptors (Lipinski definition) is 1. The van der Waals surface area contributed by atoms with E-state index in [1.54, 1.807) is 0 Å². The van der Waals surface area contributed by atoms with Gasteiger partial charge in [-0.15, -0.1) is 11.6 Å². The maximum absolute atomic E-state index is 11.0. The third-order valence-corrected chi connectivity index (χ3v) is 2.64. The number of unbranched alkanes of at least 4 members (excludes halogenated alkanes) is 1. The van der Waals surface area contributed by atoms with Crippen LogP contribution in [0.5, 0.6) is 0 Å². The van der Waals surface area contributed by atoms with E-state index in [2.05, 4.69) is 10.6 Å². The van der Waals surface area contributed by atoms with Gasteiger partial charge in [-0.2, -0.15) is 5.32 Å². The van der Waals surface area contributed by atoms with Crippen LogP contribution in [0.15, 0.2) is 18.2 Å². The van der Waals surface area contributed by atoms with Crippen LogP contribution < -0.4 is 10.6 Å². The van der Waals surface area contributed by atoms with Crippen LogP contribution in [0.25, 0.3) is 0 Å². The van der Waals surface area contributed by atoms with E-state index in [1.807, 2.05) is 18.2 Å². The van der Waals surface area contributed by atoms with Gasteiger partial charge in [0.2, 0.25) is 0 Å². The molecule has 0 aromatic heterocycles. The first-order chi connectivity index (χ1) is 7.29. The van der Waals surface area contributed by atoms with Crippen molar-refractivity contribution in [3.8, 4) is 0 Å². The molecule has 0 spiro atoms. The van der Waals surface area contributed by atoms with E-state index >= 15 is 0 Å². The Morgan fingerprint density at radius 2 is 2.20 bits per heavy atom. The summed E-state index contributed by atoms with van der Waals surface area (Å²) in [5, 5.41) is 6.53. The van der Waals surface area contributed by atoms with Crippen LogP contribution >= 0.6 is 11.6 Å². The standard InChI is InChI=1S/C11H12ClN2O/c12-6-2-1-3-8-4-5-9-10(7-8)14-11(15)13-9/h4-5,7H,1-3,6H2,(H,13,15). The molecule has 0 unspecified atom stereocenters. The van der Waals surface area contributed by atoms with Crippen LogP contribution in [-0.2, 0) is 6.42 Å². The fourth-order valence-electron chi connectivity index (χ4n) is 1.61. The van der Waals surface area contributed by atoms with E-state index in [1.165, 1.54) is 5.56 Å². The summed E-state index contributed by atoms with van der Waals surface area (Å²) in [7, 11) is 0. The van der Waals surface area contributed by atoms with Crippen LogP contribution in [0.3, 0.4) is 0 Å². The summed E-state index contributed by atoms with van der Waals surface area (Å²) in [6.45, 7) is 0. The number of carbonyl (C=O) groups excluding carboxylic acids is 1. The second-order valence-electron chi connectivity index (χ2n) is 3.54. The number of rotatable bonds is 4. The molecule has 1 radical (unpaired) electrons. The average Bonchev–Trinajstić information content (AvgIpc) is 2.57. The van der Waals surface area contributed by atoms with Gasteiger partial charge >= 0.3 is 6.03 Å². The molecule has 79 valence electrons. The van der Waals surface area contributed by atoms with Crippen molar-refractivity contribution in [1.29, 1.82) is 0 Å². The zero-order chi connectivity index (χ0) is 10.7. The van der Waals surface area contributed by atoms with E-state index in [9.17, 15) is 4.79 Å². The SMILES string of the molecule is O=C1[N]c2cc(CCCCCl)ccc2N1. The molecule has 0 bridgehead atoms. The highest BCUT2D eigenvalue weighted by Crippen LogP contribution is 2.28. The van der Waals surface area contributed by atoms with E-state index < -0.39 is 0 Å². The summed E-state index contributed by atoms with van der Waals surface area (Å²) >= 11 is 5.61. The van der Waals surface area contributed by atoms with Gasteiger partial charge in [0.1, 0.15) is 0 Å². The smallest absolute Gasteiger partial charge is 0.304 e. The Hall–Kier alpha value is -1.22. The van der Waals surface area contributed by atoms with Gasteiger partial charge in [-0.05, 0) is 37.0 Å². The Labute approximate surface area is 93.8 Å². The van der Waals surface area contributed by atoms with Crippen LogP contribution in [0, 0.1) is 0 Å². The predicted octanol–water partition coefficient (Wildman–Crippen LogP) is 3.03. The molecule has 0 saturated heterocycles. The number of benzene rings is 1. The quantitative estimate of drug-likeness (QED) is 0.619. The number of fused-ring (bicyclic) bond motifs is 1. The van der Waals surface area contributed by atoms with Crippen molar-refractivity contribution >= 4 is 29.0 Å². The predicted molar refractivity (Wildman–Crippen MR) is 60.9 cm³/mol. The molecule has 0 fully saturated rings. The molecule has 0 saturated carbocycles. The Balaban J connectivity index is 2.03. The van der Waals surface area contributed by atoms with Crippen molar-refractivity contribution in [2.24, 2.45) is 0 Å². The summed E-state index contributed by atoms with van der Waals surface area (Å²) < 4.78 is 0. The molecule has 0 atom stereocenters. The summed E-state index contributed by atoms with van der Waals surface area (Å²) in [4.78, 5) is 11.0. The molecular formula is C11H12ClN2O. The van der Waals surface area contributed by atoms with Crippen LogP contribution in [-0.4, -0.2) is 11.9 Å². The van der Waals surface area contributed by atoms with E-state index in [0.29, 0.717) is 5.88 Å². The molecule has 2 rings (SSSR count). The Kier molecular flexibility index (Phi) is 3.11. The molecule has 1 N–H and O–H groups in total. The molecular weight excluding hydrogens is 212 g/mol. The molecule has 1 aliphatic heterocycles. The van der Waals surface area contributed by atoms with Crippen LogP contribution in [0.4, 0.5) is 16.2 Å². The van der Waals surface area contributed by atoms with E-state index in [0.717, 1.165) is 30.6 Å². The lowest BCUT2D eigenvalue weighted by Crippen LogP contribution is -2.08. The maximum Gasteiger partial charge on any atom is 0.346 e. The summed E-state index contributed by atoms with van der Waals surface area (Å²) in [6.07, 6.45) is 3.08. The summed E-state index contributed by atoms with van der Waals surface area (Å²) in [6, 6.07) is 5.61. The largest absolute Gasteiger partial charge is 0.346 e. The van der Waals surface area contributed by atoms with Crippen molar-refractivity contribution in [2.75, 3.05) is 11.2 Å². The lowest BCUT2D eigenvalue weighted by atomic mass is 10.1. The first-order valence-electron chi connectivity index (χ1n) is 5.01. The van der Waals surface area contributed by atoms with Crippen molar-refractivity contribution in [3.63, 3.8) is 0 Å². The minimum atomic E-state index is -0.275. The molecule has 15 heavy (non-hydrogen) atoms. The maximum atomic E-state index is 11.0. The lowest BCUT2D eigenvalue weighted by molar-refractivity contribution is 0.256. The van der Waals surface area contributed by atoms with Gasteiger partial charge in [0.25, 0.3) is 0 Å². The fourth-order valence-corrected chi connectivity index (χ4v) is 1.80. The molecule has 1 heterocycles. The molecule has 0 aliphatic carbocycles. The number of aryl methyl sites for hydroxylation is 1. The number of carbonyl (C=O) groups is 1. The number of amides is 2. The first kappa shape index (κ1) is 10.3. The zero-order valence-corrected chi connectivity index (χ0v) is 9.05. The number of nitrogens with one attached hydrogen (secondary N) is 1. The van der Waals surface area contributed by atoms with Crippen molar-refractivity contribution in [3.05, 3.63) is 23.8 Å². The zero-order valence-electron chi connectivity index (χ0n) is 8.29. The van der Waals surface area contributed by atoms with Gasteiger partial charge in [-0.1, -0.05) is 6.07 Å². The lowest BCUT2D eigenvalue weighted by Gasteiger charge is -2.02. The van der Waals surface area contributed by atoms with Crippen LogP contribution in [0.2, 0.25) is 0 Å². The van der Waals surface area contributed by atoms with Crippen molar-refractivity contribution in [1.82, 2.24) is 5.32 Å². The highest BCUT2D eigenvalue weighted by molar-refractivity contribution is 6.17. The summed E-state index contributed by atoms with van der Waals surface area (Å²) in [5.74, 6) is 0.704. The topological polar surface area (TPSA) is 43.2 Å².